The van der Waals surface area contributed by atoms with E-state index in [1.54, 1.807) is 83.8 Å². The SMILES string of the molecule is O=C(c1nn(-c2ccccc2)c(=O)c2ccccc12)N1CCN(S(=O)(=O)c2ccccc2)CC1. The van der Waals surface area contributed by atoms with Crippen LogP contribution in [-0.2, 0) is 10.0 Å². The summed E-state index contributed by atoms with van der Waals surface area (Å²) in [6, 6.07) is 24.1. The van der Waals surface area contributed by atoms with E-state index in [0.717, 1.165) is 0 Å². The number of rotatable bonds is 4. The number of nitrogens with zero attached hydrogens (tertiary/aromatic N) is 4. The minimum atomic E-state index is -3.62. The van der Waals surface area contributed by atoms with Crippen LogP contribution >= 0.6 is 0 Å². The van der Waals surface area contributed by atoms with E-state index in [1.165, 1.54) is 8.99 Å². The van der Waals surface area contributed by atoms with Crippen molar-refractivity contribution in [1.29, 1.82) is 0 Å². The molecule has 34 heavy (non-hydrogen) atoms. The van der Waals surface area contributed by atoms with Crippen molar-refractivity contribution < 1.29 is 13.2 Å². The van der Waals surface area contributed by atoms with Gasteiger partial charge in [0.25, 0.3) is 11.5 Å². The first-order valence-corrected chi connectivity index (χ1v) is 12.3. The van der Waals surface area contributed by atoms with Crippen molar-refractivity contribution in [3.63, 3.8) is 0 Å². The molecular weight excluding hydrogens is 452 g/mol. The lowest BCUT2D eigenvalue weighted by Gasteiger charge is -2.34. The Bertz CT molecular complexity index is 1510. The number of carbonyl (C=O) groups excluding carboxylic acids is 1. The van der Waals surface area contributed by atoms with Crippen LogP contribution in [0.4, 0.5) is 0 Å². The van der Waals surface area contributed by atoms with Crippen molar-refractivity contribution in [2.75, 3.05) is 26.2 Å². The van der Waals surface area contributed by atoms with Gasteiger partial charge in [-0.1, -0.05) is 54.6 Å². The van der Waals surface area contributed by atoms with Crippen molar-refractivity contribution in [2.24, 2.45) is 0 Å². The molecule has 0 unspecified atom stereocenters. The molecule has 1 aromatic heterocycles. The topological polar surface area (TPSA) is 92.6 Å². The number of piperazine rings is 1. The summed E-state index contributed by atoms with van der Waals surface area (Å²) >= 11 is 0. The summed E-state index contributed by atoms with van der Waals surface area (Å²) in [4.78, 5) is 28.4. The summed E-state index contributed by atoms with van der Waals surface area (Å²) in [6.07, 6.45) is 0. The molecule has 0 saturated carbocycles. The predicted octanol–water partition coefficient (Wildman–Crippen LogP) is 2.53. The molecule has 0 bridgehead atoms. The van der Waals surface area contributed by atoms with Crippen molar-refractivity contribution >= 4 is 26.7 Å². The van der Waals surface area contributed by atoms with Crippen LogP contribution in [0.1, 0.15) is 10.5 Å². The van der Waals surface area contributed by atoms with E-state index < -0.39 is 10.0 Å². The molecule has 1 fully saturated rings. The molecule has 172 valence electrons. The highest BCUT2D eigenvalue weighted by Gasteiger charge is 2.31. The van der Waals surface area contributed by atoms with Gasteiger partial charge in [-0.3, -0.25) is 9.59 Å². The van der Waals surface area contributed by atoms with Crippen LogP contribution in [0.5, 0.6) is 0 Å². The Labute approximate surface area is 196 Å². The second-order valence-corrected chi connectivity index (χ2v) is 9.89. The lowest BCUT2D eigenvalue weighted by Crippen LogP contribution is -2.50. The molecule has 1 saturated heterocycles. The van der Waals surface area contributed by atoms with Gasteiger partial charge < -0.3 is 4.90 Å². The molecule has 0 atom stereocenters. The molecule has 8 nitrogen and oxygen atoms in total. The molecule has 2 heterocycles. The fraction of sp³-hybridized carbons (Fsp3) is 0.160. The first-order valence-electron chi connectivity index (χ1n) is 10.9. The summed E-state index contributed by atoms with van der Waals surface area (Å²) in [5.41, 5.74) is 0.418. The molecule has 1 aliphatic heterocycles. The van der Waals surface area contributed by atoms with Gasteiger partial charge in [0.15, 0.2) is 5.69 Å². The number of hydrogen-bond donors (Lipinski definition) is 0. The Morgan fingerprint density at radius 2 is 1.29 bits per heavy atom. The van der Waals surface area contributed by atoms with Gasteiger partial charge in [0.1, 0.15) is 0 Å². The third-order valence-corrected chi connectivity index (χ3v) is 7.83. The molecule has 0 radical (unpaired) electrons. The maximum atomic E-state index is 13.5. The lowest BCUT2D eigenvalue weighted by molar-refractivity contribution is 0.0692. The summed E-state index contributed by atoms with van der Waals surface area (Å²) in [5, 5.41) is 5.32. The van der Waals surface area contributed by atoms with E-state index in [-0.39, 0.29) is 48.2 Å². The van der Waals surface area contributed by atoms with Crippen LogP contribution in [0.15, 0.2) is 94.6 Å². The average Bonchev–Trinajstić information content (AvgIpc) is 2.90. The standard InChI is InChI=1S/C25H22N4O4S/c30-24-22-14-8-7-13-21(22)23(26-29(24)19-9-3-1-4-10-19)25(31)27-15-17-28(18-16-27)34(32,33)20-11-5-2-6-12-20/h1-14H,15-18H2. The smallest absolute Gasteiger partial charge is 0.279 e. The number of hydrogen-bond acceptors (Lipinski definition) is 5. The van der Waals surface area contributed by atoms with Gasteiger partial charge in [-0.15, -0.1) is 0 Å². The predicted molar refractivity (Wildman–Crippen MR) is 128 cm³/mol. The quantitative estimate of drug-likeness (QED) is 0.453. The molecule has 1 aliphatic rings. The number of sulfonamides is 1. The first-order chi connectivity index (χ1) is 16.5. The Kier molecular flexibility index (Phi) is 5.72. The summed E-state index contributed by atoms with van der Waals surface area (Å²) < 4.78 is 28.5. The minimum absolute atomic E-state index is 0.165. The Morgan fingerprint density at radius 3 is 1.94 bits per heavy atom. The van der Waals surface area contributed by atoms with Gasteiger partial charge in [0.2, 0.25) is 10.0 Å². The zero-order valence-electron chi connectivity index (χ0n) is 18.2. The number of aromatic nitrogens is 2. The molecular formula is C25H22N4O4S. The first kappa shape index (κ1) is 22.0. The Morgan fingerprint density at radius 1 is 0.735 bits per heavy atom. The van der Waals surface area contributed by atoms with Crippen molar-refractivity contribution in [3.8, 4) is 5.69 Å². The van der Waals surface area contributed by atoms with Gasteiger partial charge in [-0.2, -0.15) is 14.1 Å². The number of amides is 1. The molecule has 3 aromatic carbocycles. The second-order valence-electron chi connectivity index (χ2n) is 7.96. The van der Waals surface area contributed by atoms with E-state index in [2.05, 4.69) is 5.10 Å². The molecule has 4 aromatic rings. The third-order valence-electron chi connectivity index (χ3n) is 5.92. The summed E-state index contributed by atoms with van der Waals surface area (Å²) in [5.74, 6) is -0.336. The van der Waals surface area contributed by atoms with Crippen molar-refractivity contribution in [3.05, 3.63) is 101 Å². The van der Waals surface area contributed by atoms with E-state index in [1.807, 2.05) is 6.07 Å². The second kappa shape index (κ2) is 8.85. The highest BCUT2D eigenvalue weighted by atomic mass is 32.2. The van der Waals surface area contributed by atoms with Crippen LogP contribution in [0.3, 0.4) is 0 Å². The number of fused-ring (bicyclic) bond motifs is 1. The highest BCUT2D eigenvalue weighted by molar-refractivity contribution is 7.89. The maximum Gasteiger partial charge on any atom is 0.279 e. The third kappa shape index (κ3) is 3.89. The van der Waals surface area contributed by atoms with Gasteiger partial charge in [-0.05, 0) is 30.3 Å². The largest absolute Gasteiger partial charge is 0.335 e. The highest BCUT2D eigenvalue weighted by Crippen LogP contribution is 2.20. The normalized spacial score (nSPS) is 14.9. The minimum Gasteiger partial charge on any atom is -0.335 e. The maximum absolute atomic E-state index is 13.5. The van der Waals surface area contributed by atoms with Gasteiger partial charge in [0, 0.05) is 31.6 Å². The molecule has 5 rings (SSSR count). The van der Waals surface area contributed by atoms with Gasteiger partial charge >= 0.3 is 0 Å². The molecule has 0 spiro atoms. The van der Waals surface area contributed by atoms with Crippen LogP contribution in [0, 0.1) is 0 Å². The van der Waals surface area contributed by atoms with E-state index in [0.29, 0.717) is 16.5 Å². The number of benzene rings is 3. The number of carbonyl (C=O) groups is 1. The molecule has 0 N–H and O–H groups in total. The monoisotopic (exact) mass is 474 g/mol. The van der Waals surface area contributed by atoms with E-state index in [9.17, 15) is 18.0 Å². The lowest BCUT2D eigenvalue weighted by atomic mass is 10.1. The molecule has 9 heteroatoms. The zero-order valence-corrected chi connectivity index (χ0v) is 19.1. The van der Waals surface area contributed by atoms with Crippen molar-refractivity contribution in [1.82, 2.24) is 19.0 Å². The van der Waals surface area contributed by atoms with Gasteiger partial charge in [-0.25, -0.2) is 8.42 Å². The van der Waals surface area contributed by atoms with Crippen LogP contribution in [0.25, 0.3) is 16.5 Å². The average molecular weight is 475 g/mol. The summed E-state index contributed by atoms with van der Waals surface area (Å²) in [7, 11) is -3.62. The van der Waals surface area contributed by atoms with Crippen LogP contribution < -0.4 is 5.56 Å². The van der Waals surface area contributed by atoms with Gasteiger partial charge in [0.05, 0.1) is 16.0 Å². The van der Waals surface area contributed by atoms with Crippen molar-refractivity contribution in [2.45, 2.75) is 4.90 Å². The van der Waals surface area contributed by atoms with Crippen LogP contribution in [0.2, 0.25) is 0 Å². The fourth-order valence-electron chi connectivity index (χ4n) is 4.11. The van der Waals surface area contributed by atoms with E-state index >= 15 is 0 Å². The zero-order chi connectivity index (χ0) is 23.7. The Hall–Kier alpha value is -3.82. The Balaban J connectivity index is 1.46. The van der Waals surface area contributed by atoms with Crippen LogP contribution in [-0.4, -0.2) is 59.5 Å². The fourth-order valence-corrected chi connectivity index (χ4v) is 5.56. The summed E-state index contributed by atoms with van der Waals surface area (Å²) in [6.45, 7) is 0.815. The van der Waals surface area contributed by atoms with E-state index in [4.69, 9.17) is 0 Å². The molecule has 0 aliphatic carbocycles. The number of para-hydroxylation sites is 1. The molecule has 1 amide bonds.